The number of benzene rings is 1. The van der Waals surface area contributed by atoms with Gasteiger partial charge in [0.25, 0.3) is 0 Å². The number of para-hydroxylation sites is 1. The number of H-pyrrole nitrogens is 1. The number of carbonyl (C=O) groups excluding carboxylic acids is 1. The highest BCUT2D eigenvalue weighted by Gasteiger charge is 2.26. The minimum atomic E-state index is -0.493. The van der Waals surface area contributed by atoms with Crippen LogP contribution in [0.25, 0.3) is 11.0 Å². The largest absolute Gasteiger partial charge is 0.494 e. The van der Waals surface area contributed by atoms with Gasteiger partial charge in [0, 0.05) is 6.42 Å². The second-order valence-electron chi connectivity index (χ2n) is 5.08. The van der Waals surface area contributed by atoms with E-state index in [0.717, 1.165) is 16.8 Å². The molecule has 0 unspecified atom stereocenters. The van der Waals surface area contributed by atoms with Crippen LogP contribution in [-0.2, 0) is 10.3 Å². The van der Waals surface area contributed by atoms with Crippen LogP contribution < -0.4 is 10.5 Å². The van der Waals surface area contributed by atoms with Gasteiger partial charge in [0.2, 0.25) is 5.91 Å². The maximum atomic E-state index is 11.2. The molecule has 0 aliphatic heterocycles. The molecule has 1 aromatic carbocycles. The van der Waals surface area contributed by atoms with Crippen LogP contribution >= 0.6 is 12.2 Å². The molecule has 0 aliphatic rings. The Labute approximate surface area is 116 Å². The molecule has 0 saturated carbocycles. The molecule has 3 N–H and O–H groups in total. The number of aromatic amines is 1. The number of carbonyl (C=O) groups is 1. The summed E-state index contributed by atoms with van der Waals surface area (Å²) in [6.07, 6.45) is 0.214. The van der Waals surface area contributed by atoms with Gasteiger partial charge in [-0.3, -0.25) is 4.79 Å². The molecule has 1 amide bonds. The molecule has 5 nitrogen and oxygen atoms in total. The van der Waals surface area contributed by atoms with E-state index in [2.05, 4.69) is 4.98 Å². The average molecular weight is 279 g/mol. The lowest BCUT2D eigenvalue weighted by atomic mass is 9.99. The van der Waals surface area contributed by atoms with Gasteiger partial charge in [0.05, 0.1) is 18.2 Å². The summed E-state index contributed by atoms with van der Waals surface area (Å²) in [4.78, 5) is 14.3. The van der Waals surface area contributed by atoms with E-state index in [9.17, 15) is 4.79 Å². The number of fused-ring (bicyclic) bond motifs is 1. The third kappa shape index (κ3) is 2.35. The van der Waals surface area contributed by atoms with Gasteiger partial charge in [-0.15, -0.1) is 0 Å². The molecular formula is C13H17N3O2S. The zero-order valence-corrected chi connectivity index (χ0v) is 12.0. The van der Waals surface area contributed by atoms with E-state index >= 15 is 0 Å². The van der Waals surface area contributed by atoms with Crippen LogP contribution in [0.5, 0.6) is 5.75 Å². The summed E-state index contributed by atoms with van der Waals surface area (Å²) in [5.74, 6) is 0.362. The smallest absolute Gasteiger partial charge is 0.219 e. The minimum absolute atomic E-state index is 0.214. The summed E-state index contributed by atoms with van der Waals surface area (Å²) in [5, 5.41) is 0. The normalized spacial score (nSPS) is 11.7. The lowest BCUT2D eigenvalue weighted by Crippen LogP contribution is -2.32. The van der Waals surface area contributed by atoms with Crippen LogP contribution in [0.2, 0.25) is 0 Å². The van der Waals surface area contributed by atoms with Crippen molar-refractivity contribution in [1.29, 1.82) is 0 Å². The summed E-state index contributed by atoms with van der Waals surface area (Å²) in [6.45, 7) is 3.86. The first-order chi connectivity index (χ1) is 8.86. The lowest BCUT2D eigenvalue weighted by Gasteiger charge is -2.26. The lowest BCUT2D eigenvalue weighted by molar-refractivity contribution is -0.119. The summed E-state index contributed by atoms with van der Waals surface area (Å²) in [5.41, 5.74) is 6.55. The van der Waals surface area contributed by atoms with E-state index in [1.807, 2.05) is 36.6 Å². The number of amides is 1. The Bertz CT molecular complexity index is 685. The Kier molecular flexibility index (Phi) is 3.36. The molecule has 102 valence electrons. The van der Waals surface area contributed by atoms with E-state index in [0.29, 0.717) is 4.77 Å². The Balaban J connectivity index is 2.71. The van der Waals surface area contributed by atoms with Crippen molar-refractivity contribution in [2.45, 2.75) is 25.8 Å². The van der Waals surface area contributed by atoms with Gasteiger partial charge in [0.1, 0.15) is 11.3 Å². The highest BCUT2D eigenvalue weighted by Crippen LogP contribution is 2.30. The molecule has 0 radical (unpaired) electrons. The average Bonchev–Trinajstić information content (AvgIpc) is 2.63. The fourth-order valence-corrected chi connectivity index (χ4v) is 2.83. The topological polar surface area (TPSA) is 73.0 Å². The van der Waals surface area contributed by atoms with Gasteiger partial charge in [0.15, 0.2) is 4.77 Å². The van der Waals surface area contributed by atoms with Gasteiger partial charge >= 0.3 is 0 Å². The van der Waals surface area contributed by atoms with Crippen molar-refractivity contribution in [1.82, 2.24) is 9.55 Å². The first kappa shape index (κ1) is 13.6. The molecule has 0 saturated heterocycles. The maximum absolute atomic E-state index is 11.2. The van der Waals surface area contributed by atoms with E-state index < -0.39 is 5.54 Å². The number of methoxy groups -OCH3 is 1. The quantitative estimate of drug-likeness (QED) is 0.844. The molecule has 19 heavy (non-hydrogen) atoms. The van der Waals surface area contributed by atoms with Gasteiger partial charge in [-0.25, -0.2) is 0 Å². The summed E-state index contributed by atoms with van der Waals surface area (Å²) in [6, 6.07) is 5.69. The Morgan fingerprint density at radius 3 is 2.79 bits per heavy atom. The standard InChI is InChI=1S/C13H17N3O2S/c1-13(2,7-10(14)17)16-8-5-4-6-9(18-3)11(8)15-12(16)19/h4-6H,7H2,1-3H3,(H2,14,17)(H,15,19). The number of primary amides is 1. The fourth-order valence-electron chi connectivity index (χ4n) is 2.38. The predicted molar refractivity (Wildman–Crippen MR) is 76.8 cm³/mol. The Morgan fingerprint density at radius 1 is 1.53 bits per heavy atom. The molecule has 2 aromatic rings. The van der Waals surface area contributed by atoms with Gasteiger partial charge in [-0.2, -0.15) is 0 Å². The van der Waals surface area contributed by atoms with Crippen molar-refractivity contribution < 1.29 is 9.53 Å². The monoisotopic (exact) mass is 279 g/mol. The van der Waals surface area contributed by atoms with E-state index in [1.165, 1.54) is 0 Å². The number of nitrogens with two attached hydrogens (primary N) is 1. The number of imidazole rings is 1. The van der Waals surface area contributed by atoms with Crippen LogP contribution in [0.4, 0.5) is 0 Å². The van der Waals surface area contributed by atoms with Crippen LogP contribution in [0.1, 0.15) is 20.3 Å². The fraction of sp³-hybridized carbons (Fsp3) is 0.385. The van der Waals surface area contributed by atoms with Crippen molar-refractivity contribution in [3.63, 3.8) is 0 Å². The third-order valence-electron chi connectivity index (χ3n) is 3.11. The molecule has 0 fully saturated rings. The molecular weight excluding hydrogens is 262 g/mol. The predicted octanol–water partition coefficient (Wildman–Crippen LogP) is 2.32. The number of rotatable bonds is 4. The molecule has 0 aliphatic carbocycles. The molecule has 0 spiro atoms. The SMILES string of the molecule is COc1cccc2c1[nH]c(=S)n2C(C)(C)CC(N)=O. The summed E-state index contributed by atoms with van der Waals surface area (Å²) < 4.78 is 7.76. The minimum Gasteiger partial charge on any atom is -0.494 e. The van der Waals surface area contributed by atoms with E-state index in [4.69, 9.17) is 22.7 Å². The number of nitrogens with zero attached hydrogens (tertiary/aromatic N) is 1. The second kappa shape index (κ2) is 4.70. The summed E-state index contributed by atoms with van der Waals surface area (Å²) >= 11 is 5.36. The Morgan fingerprint density at radius 2 is 2.21 bits per heavy atom. The van der Waals surface area contributed by atoms with Crippen LogP contribution in [0.3, 0.4) is 0 Å². The number of nitrogens with one attached hydrogen (secondary N) is 1. The van der Waals surface area contributed by atoms with E-state index in [-0.39, 0.29) is 12.3 Å². The third-order valence-corrected chi connectivity index (χ3v) is 3.40. The second-order valence-corrected chi connectivity index (χ2v) is 5.46. The van der Waals surface area contributed by atoms with Crippen molar-refractivity contribution >= 4 is 29.2 Å². The van der Waals surface area contributed by atoms with Crippen LogP contribution in [0.15, 0.2) is 18.2 Å². The number of hydrogen-bond acceptors (Lipinski definition) is 3. The molecule has 2 rings (SSSR count). The maximum Gasteiger partial charge on any atom is 0.219 e. The zero-order chi connectivity index (χ0) is 14.2. The number of hydrogen-bond donors (Lipinski definition) is 2. The van der Waals surface area contributed by atoms with Gasteiger partial charge in [-0.1, -0.05) is 6.07 Å². The van der Waals surface area contributed by atoms with Gasteiger partial charge in [-0.05, 0) is 38.2 Å². The highest BCUT2D eigenvalue weighted by molar-refractivity contribution is 7.71. The first-order valence-corrected chi connectivity index (χ1v) is 6.34. The van der Waals surface area contributed by atoms with E-state index in [1.54, 1.807) is 7.11 Å². The number of aromatic nitrogens is 2. The molecule has 1 heterocycles. The molecule has 0 atom stereocenters. The van der Waals surface area contributed by atoms with Crippen molar-refractivity contribution in [2.24, 2.45) is 5.73 Å². The molecule has 0 bridgehead atoms. The van der Waals surface area contributed by atoms with Crippen molar-refractivity contribution in [2.75, 3.05) is 7.11 Å². The Hall–Kier alpha value is -1.82. The van der Waals surface area contributed by atoms with Crippen molar-refractivity contribution in [3.05, 3.63) is 23.0 Å². The van der Waals surface area contributed by atoms with Crippen LogP contribution in [0, 0.1) is 4.77 Å². The first-order valence-electron chi connectivity index (χ1n) is 5.93. The zero-order valence-electron chi connectivity index (χ0n) is 11.2. The van der Waals surface area contributed by atoms with Crippen LogP contribution in [-0.4, -0.2) is 22.6 Å². The van der Waals surface area contributed by atoms with Gasteiger partial charge < -0.3 is 20.0 Å². The molecule has 1 aromatic heterocycles. The summed E-state index contributed by atoms with van der Waals surface area (Å²) in [7, 11) is 1.61. The van der Waals surface area contributed by atoms with Crippen molar-refractivity contribution in [3.8, 4) is 5.75 Å². The highest BCUT2D eigenvalue weighted by atomic mass is 32.1. The number of ether oxygens (including phenoxy) is 1. The molecule has 6 heteroatoms.